The SMILES string of the molecule is O=C(O)C1C(=Nc2ccccc2)C2CCN1CC2. The molecule has 4 heteroatoms. The summed E-state index contributed by atoms with van der Waals surface area (Å²) in [5, 5.41) is 9.39. The first kappa shape index (κ1) is 11.4. The molecule has 0 aromatic heterocycles. The number of benzene rings is 1. The predicted octanol–water partition coefficient (Wildman–Crippen LogP) is 1.94. The van der Waals surface area contributed by atoms with E-state index in [1.165, 1.54) is 0 Å². The second-order valence-corrected chi connectivity index (χ2v) is 4.92. The maximum atomic E-state index is 11.4. The van der Waals surface area contributed by atoms with E-state index in [4.69, 9.17) is 0 Å². The average molecular weight is 244 g/mol. The molecule has 94 valence electrons. The van der Waals surface area contributed by atoms with E-state index in [9.17, 15) is 9.90 Å². The van der Waals surface area contributed by atoms with Crippen LogP contribution in [0.1, 0.15) is 12.8 Å². The highest BCUT2D eigenvalue weighted by molar-refractivity contribution is 6.08. The molecule has 1 unspecified atom stereocenters. The fourth-order valence-electron chi connectivity index (χ4n) is 2.95. The van der Waals surface area contributed by atoms with Crippen LogP contribution in [0.3, 0.4) is 0 Å². The van der Waals surface area contributed by atoms with Crippen LogP contribution in [0.4, 0.5) is 5.69 Å². The van der Waals surface area contributed by atoms with Crippen molar-refractivity contribution in [1.82, 2.24) is 4.90 Å². The van der Waals surface area contributed by atoms with Gasteiger partial charge in [-0.1, -0.05) is 18.2 Å². The fourth-order valence-corrected chi connectivity index (χ4v) is 2.95. The van der Waals surface area contributed by atoms with Gasteiger partial charge in [0.2, 0.25) is 0 Å². The van der Waals surface area contributed by atoms with Crippen molar-refractivity contribution < 1.29 is 9.90 Å². The first-order valence-corrected chi connectivity index (χ1v) is 6.36. The van der Waals surface area contributed by atoms with E-state index in [0.717, 1.165) is 37.3 Å². The summed E-state index contributed by atoms with van der Waals surface area (Å²) in [5.74, 6) is -0.426. The summed E-state index contributed by atoms with van der Waals surface area (Å²) < 4.78 is 0. The van der Waals surface area contributed by atoms with Crippen molar-refractivity contribution in [3.8, 4) is 0 Å². The third kappa shape index (κ3) is 1.93. The first-order chi connectivity index (χ1) is 8.75. The molecule has 1 aromatic rings. The van der Waals surface area contributed by atoms with Gasteiger partial charge in [-0.15, -0.1) is 0 Å². The number of rotatable bonds is 2. The number of carbonyl (C=O) groups is 1. The Labute approximate surface area is 106 Å². The van der Waals surface area contributed by atoms with Gasteiger partial charge in [0, 0.05) is 5.92 Å². The van der Waals surface area contributed by atoms with Crippen molar-refractivity contribution in [3.05, 3.63) is 30.3 Å². The molecule has 1 N–H and O–H groups in total. The van der Waals surface area contributed by atoms with Gasteiger partial charge in [-0.05, 0) is 38.1 Å². The maximum absolute atomic E-state index is 11.4. The Morgan fingerprint density at radius 1 is 1.22 bits per heavy atom. The highest BCUT2D eigenvalue weighted by Crippen LogP contribution is 2.31. The van der Waals surface area contributed by atoms with Gasteiger partial charge in [-0.2, -0.15) is 0 Å². The molecule has 4 rings (SSSR count). The Hall–Kier alpha value is -1.68. The van der Waals surface area contributed by atoms with E-state index >= 15 is 0 Å². The van der Waals surface area contributed by atoms with Crippen LogP contribution >= 0.6 is 0 Å². The zero-order valence-electron chi connectivity index (χ0n) is 10.1. The molecule has 3 heterocycles. The molecule has 0 amide bonds. The summed E-state index contributed by atoms with van der Waals surface area (Å²) in [6.07, 6.45) is 2.07. The summed E-state index contributed by atoms with van der Waals surface area (Å²) in [5.41, 5.74) is 1.69. The highest BCUT2D eigenvalue weighted by Gasteiger charge is 2.43. The van der Waals surface area contributed by atoms with Crippen LogP contribution in [0.15, 0.2) is 35.3 Å². The number of carboxylic acid groups (broad SMARTS) is 1. The van der Waals surface area contributed by atoms with Gasteiger partial charge in [-0.25, -0.2) is 0 Å². The molecule has 3 fully saturated rings. The summed E-state index contributed by atoms with van der Waals surface area (Å²) in [6, 6.07) is 9.12. The number of aliphatic carboxylic acids is 1. The summed E-state index contributed by atoms with van der Waals surface area (Å²) in [4.78, 5) is 18.1. The number of hydrogen-bond acceptors (Lipinski definition) is 3. The lowest BCUT2D eigenvalue weighted by Gasteiger charge is -2.44. The molecule has 1 aromatic carbocycles. The van der Waals surface area contributed by atoms with Crippen LogP contribution in [0, 0.1) is 5.92 Å². The highest BCUT2D eigenvalue weighted by atomic mass is 16.4. The van der Waals surface area contributed by atoms with Gasteiger partial charge < -0.3 is 5.11 Å². The zero-order chi connectivity index (χ0) is 12.5. The molecule has 0 radical (unpaired) electrons. The maximum Gasteiger partial charge on any atom is 0.326 e. The van der Waals surface area contributed by atoms with Crippen LogP contribution in [0.25, 0.3) is 0 Å². The van der Waals surface area contributed by atoms with E-state index in [-0.39, 0.29) is 0 Å². The van der Waals surface area contributed by atoms with E-state index in [1.54, 1.807) is 0 Å². The first-order valence-electron chi connectivity index (χ1n) is 6.36. The van der Waals surface area contributed by atoms with Crippen molar-refractivity contribution in [2.45, 2.75) is 18.9 Å². The molecular weight excluding hydrogens is 228 g/mol. The van der Waals surface area contributed by atoms with E-state index < -0.39 is 12.0 Å². The molecule has 0 spiro atoms. The van der Waals surface area contributed by atoms with E-state index in [0.29, 0.717) is 5.92 Å². The third-order valence-corrected chi connectivity index (χ3v) is 3.84. The zero-order valence-corrected chi connectivity index (χ0v) is 10.1. The molecule has 1 atom stereocenters. The van der Waals surface area contributed by atoms with E-state index in [2.05, 4.69) is 4.99 Å². The summed E-state index contributed by atoms with van der Waals surface area (Å²) in [7, 11) is 0. The average Bonchev–Trinajstić information content (AvgIpc) is 2.40. The van der Waals surface area contributed by atoms with Gasteiger partial charge in [0.15, 0.2) is 0 Å². The normalized spacial score (nSPS) is 32.7. The summed E-state index contributed by atoms with van der Waals surface area (Å²) >= 11 is 0. The van der Waals surface area contributed by atoms with Crippen LogP contribution in [0.2, 0.25) is 0 Å². The molecule has 3 aliphatic rings. The Balaban J connectivity index is 1.98. The van der Waals surface area contributed by atoms with Crippen LogP contribution in [-0.4, -0.2) is 40.8 Å². The van der Waals surface area contributed by atoms with Crippen LogP contribution < -0.4 is 0 Å². The smallest absolute Gasteiger partial charge is 0.326 e. The quantitative estimate of drug-likeness (QED) is 0.865. The minimum Gasteiger partial charge on any atom is -0.480 e. The monoisotopic (exact) mass is 244 g/mol. The fraction of sp³-hybridized carbons (Fsp3) is 0.429. The largest absolute Gasteiger partial charge is 0.480 e. The molecule has 4 nitrogen and oxygen atoms in total. The van der Waals surface area contributed by atoms with Gasteiger partial charge in [-0.3, -0.25) is 14.7 Å². The lowest BCUT2D eigenvalue weighted by Crippen LogP contribution is -2.58. The topological polar surface area (TPSA) is 52.9 Å². The summed E-state index contributed by atoms with van der Waals surface area (Å²) in [6.45, 7) is 1.77. The Kier molecular flexibility index (Phi) is 2.88. The predicted molar refractivity (Wildman–Crippen MR) is 69.3 cm³/mol. The van der Waals surface area contributed by atoms with Gasteiger partial charge in [0.1, 0.15) is 6.04 Å². The second kappa shape index (κ2) is 4.53. The molecular formula is C14H16N2O2. The molecule has 0 saturated carbocycles. The lowest BCUT2D eigenvalue weighted by molar-refractivity contribution is -0.142. The van der Waals surface area contributed by atoms with Crippen molar-refractivity contribution in [3.63, 3.8) is 0 Å². The standard InChI is InChI=1S/C14H16N2O2/c17-14(18)13-12(10-6-8-16(13)9-7-10)15-11-4-2-1-3-5-11/h1-5,10,13H,6-9H2,(H,17,18). The Morgan fingerprint density at radius 2 is 1.89 bits per heavy atom. The number of aliphatic imine (C=N–C) groups is 1. The van der Waals surface area contributed by atoms with Crippen molar-refractivity contribution in [1.29, 1.82) is 0 Å². The van der Waals surface area contributed by atoms with Crippen molar-refractivity contribution in [2.24, 2.45) is 10.9 Å². The number of carboxylic acids is 1. The molecule has 18 heavy (non-hydrogen) atoms. The van der Waals surface area contributed by atoms with Crippen molar-refractivity contribution in [2.75, 3.05) is 13.1 Å². The Bertz CT molecular complexity index is 476. The van der Waals surface area contributed by atoms with Gasteiger partial charge in [0.25, 0.3) is 0 Å². The number of hydrogen-bond donors (Lipinski definition) is 1. The van der Waals surface area contributed by atoms with Crippen LogP contribution in [-0.2, 0) is 4.79 Å². The number of piperidine rings is 3. The number of fused-ring (bicyclic) bond motifs is 3. The number of nitrogens with zero attached hydrogens (tertiary/aromatic N) is 2. The minimum absolute atomic E-state index is 0.344. The minimum atomic E-state index is -0.769. The van der Waals surface area contributed by atoms with Crippen molar-refractivity contribution >= 4 is 17.4 Å². The van der Waals surface area contributed by atoms with E-state index in [1.807, 2.05) is 35.2 Å². The number of para-hydroxylation sites is 1. The molecule has 0 aliphatic carbocycles. The lowest BCUT2D eigenvalue weighted by atomic mass is 9.81. The second-order valence-electron chi connectivity index (χ2n) is 4.92. The molecule has 2 bridgehead atoms. The molecule has 3 saturated heterocycles. The Morgan fingerprint density at radius 3 is 2.50 bits per heavy atom. The van der Waals surface area contributed by atoms with Crippen LogP contribution in [0.5, 0.6) is 0 Å². The third-order valence-electron chi connectivity index (χ3n) is 3.84. The molecule has 3 aliphatic heterocycles. The van der Waals surface area contributed by atoms with Gasteiger partial charge >= 0.3 is 5.97 Å². The van der Waals surface area contributed by atoms with Gasteiger partial charge in [0.05, 0.1) is 11.4 Å².